The lowest BCUT2D eigenvalue weighted by Crippen LogP contribution is -2.36. The fourth-order valence-corrected chi connectivity index (χ4v) is 0.474. The zero-order valence-corrected chi connectivity index (χ0v) is 7.72. The van der Waals surface area contributed by atoms with Crippen molar-refractivity contribution in [3.63, 3.8) is 0 Å². The third kappa shape index (κ3) is 3.85. The fraction of sp³-hybridized carbons (Fsp3) is 0.625. The normalized spacial score (nSPS) is 11.9. The Morgan fingerprint density at radius 2 is 2.17 bits per heavy atom. The second kappa shape index (κ2) is 3.99. The number of aliphatic imine (C=N–C) groups is 1. The molecule has 0 saturated heterocycles. The summed E-state index contributed by atoms with van der Waals surface area (Å²) in [4.78, 5) is 14.7. The summed E-state index contributed by atoms with van der Waals surface area (Å²) in [6.45, 7) is 4.97. The lowest BCUT2D eigenvalue weighted by Gasteiger charge is -2.13. The van der Waals surface area contributed by atoms with E-state index in [-0.39, 0.29) is 0 Å². The molecule has 0 atom stereocenters. The number of hydrogen-bond acceptors (Lipinski definition) is 3. The van der Waals surface area contributed by atoms with Crippen LogP contribution in [0.5, 0.6) is 0 Å². The van der Waals surface area contributed by atoms with Crippen molar-refractivity contribution < 1.29 is 4.79 Å². The average Bonchev–Trinajstić information content (AvgIpc) is 1.85. The quantitative estimate of drug-likeness (QED) is 0.598. The van der Waals surface area contributed by atoms with Crippen molar-refractivity contribution in [1.29, 1.82) is 5.41 Å². The molecule has 0 bridgehead atoms. The van der Waals surface area contributed by atoms with E-state index in [0.717, 1.165) is 0 Å². The summed E-state index contributed by atoms with van der Waals surface area (Å²) in [5.41, 5.74) is 4.74. The highest BCUT2D eigenvalue weighted by molar-refractivity contribution is 5.93. The third-order valence-electron chi connectivity index (χ3n) is 1.41. The highest BCUT2D eigenvalue weighted by atomic mass is 16.1. The number of nitrogens with zero attached hydrogens (tertiary/aromatic N) is 1. The van der Waals surface area contributed by atoms with E-state index in [1.165, 1.54) is 0 Å². The van der Waals surface area contributed by atoms with Crippen LogP contribution >= 0.6 is 0 Å². The van der Waals surface area contributed by atoms with E-state index in [2.05, 4.69) is 4.99 Å². The van der Waals surface area contributed by atoms with Gasteiger partial charge in [0.2, 0.25) is 5.91 Å². The minimum atomic E-state index is -0.852. The SMILES string of the molecule is CC(=N)CC=NC(C)(C)C(N)=O. The Bertz CT molecular complexity index is 218. The Labute approximate surface area is 72.4 Å². The van der Waals surface area contributed by atoms with E-state index in [0.29, 0.717) is 12.1 Å². The van der Waals surface area contributed by atoms with Crippen molar-refractivity contribution in [2.45, 2.75) is 32.7 Å². The first kappa shape index (κ1) is 10.8. The predicted octanol–water partition coefficient (Wildman–Crippen LogP) is 0.751. The van der Waals surface area contributed by atoms with Crippen LogP contribution in [0.25, 0.3) is 0 Å². The van der Waals surface area contributed by atoms with Gasteiger partial charge in [0.25, 0.3) is 0 Å². The Hall–Kier alpha value is -1.19. The molecule has 0 fully saturated rings. The summed E-state index contributed by atoms with van der Waals surface area (Å²) in [6, 6.07) is 0. The van der Waals surface area contributed by atoms with Gasteiger partial charge in [-0.3, -0.25) is 9.79 Å². The maximum Gasteiger partial charge on any atom is 0.244 e. The molecule has 0 spiro atoms. The number of nitrogens with two attached hydrogens (primary N) is 1. The standard InChI is InChI=1S/C8H15N3O/c1-6(9)4-5-11-8(2,3)7(10)12/h5,9H,4H2,1-3H3,(H2,10,12). The molecule has 0 aliphatic rings. The summed E-state index contributed by atoms with van der Waals surface area (Å²) in [6.07, 6.45) is 2.02. The zero-order chi connectivity index (χ0) is 9.78. The monoisotopic (exact) mass is 169 g/mol. The smallest absolute Gasteiger partial charge is 0.244 e. The largest absolute Gasteiger partial charge is 0.368 e. The van der Waals surface area contributed by atoms with Gasteiger partial charge in [-0.1, -0.05) is 0 Å². The van der Waals surface area contributed by atoms with Crippen molar-refractivity contribution in [2.75, 3.05) is 0 Å². The molecule has 0 aliphatic heterocycles. The van der Waals surface area contributed by atoms with Gasteiger partial charge in [0.05, 0.1) is 0 Å². The van der Waals surface area contributed by atoms with E-state index in [9.17, 15) is 4.79 Å². The molecule has 0 aliphatic carbocycles. The molecular formula is C8H15N3O. The Balaban J connectivity index is 4.14. The molecule has 0 saturated carbocycles. The topological polar surface area (TPSA) is 79.3 Å². The number of nitrogens with one attached hydrogen (secondary N) is 1. The van der Waals surface area contributed by atoms with Gasteiger partial charge < -0.3 is 11.1 Å². The Morgan fingerprint density at radius 3 is 2.50 bits per heavy atom. The van der Waals surface area contributed by atoms with Gasteiger partial charge in [0.1, 0.15) is 5.54 Å². The van der Waals surface area contributed by atoms with Gasteiger partial charge in [-0.05, 0) is 20.8 Å². The van der Waals surface area contributed by atoms with Gasteiger partial charge >= 0.3 is 0 Å². The van der Waals surface area contributed by atoms with E-state index >= 15 is 0 Å². The summed E-state index contributed by atoms with van der Waals surface area (Å²) in [5, 5.41) is 7.10. The first-order chi connectivity index (χ1) is 5.36. The molecule has 0 aromatic rings. The molecule has 0 radical (unpaired) electrons. The molecule has 68 valence electrons. The Kier molecular flexibility index (Phi) is 3.60. The number of hydrogen-bond donors (Lipinski definition) is 2. The summed E-state index contributed by atoms with van der Waals surface area (Å²) in [5.74, 6) is -0.457. The maximum absolute atomic E-state index is 10.8. The van der Waals surface area contributed by atoms with Gasteiger partial charge in [-0.2, -0.15) is 0 Å². The summed E-state index contributed by atoms with van der Waals surface area (Å²) < 4.78 is 0. The molecule has 0 aromatic carbocycles. The van der Waals surface area contributed by atoms with Crippen LogP contribution in [0.1, 0.15) is 27.2 Å². The van der Waals surface area contributed by atoms with Crippen molar-refractivity contribution >= 4 is 17.8 Å². The van der Waals surface area contributed by atoms with Crippen molar-refractivity contribution in [1.82, 2.24) is 0 Å². The summed E-state index contributed by atoms with van der Waals surface area (Å²) in [7, 11) is 0. The first-order valence-corrected chi connectivity index (χ1v) is 3.74. The molecule has 12 heavy (non-hydrogen) atoms. The van der Waals surface area contributed by atoms with E-state index in [1.54, 1.807) is 27.0 Å². The minimum Gasteiger partial charge on any atom is -0.368 e. The number of primary amides is 1. The minimum absolute atomic E-state index is 0.457. The molecule has 4 nitrogen and oxygen atoms in total. The fourth-order valence-electron chi connectivity index (χ4n) is 0.474. The van der Waals surface area contributed by atoms with Crippen LogP contribution in [0.4, 0.5) is 0 Å². The Morgan fingerprint density at radius 1 is 1.67 bits per heavy atom. The van der Waals surface area contributed by atoms with Crippen LogP contribution < -0.4 is 5.73 Å². The van der Waals surface area contributed by atoms with E-state index in [1.807, 2.05) is 0 Å². The van der Waals surface area contributed by atoms with E-state index < -0.39 is 11.4 Å². The van der Waals surface area contributed by atoms with Crippen LogP contribution in [-0.4, -0.2) is 23.4 Å². The van der Waals surface area contributed by atoms with Crippen molar-refractivity contribution in [3.8, 4) is 0 Å². The van der Waals surface area contributed by atoms with Gasteiger partial charge in [-0.15, -0.1) is 0 Å². The maximum atomic E-state index is 10.8. The molecule has 0 rings (SSSR count). The van der Waals surface area contributed by atoms with Crippen molar-refractivity contribution in [3.05, 3.63) is 0 Å². The van der Waals surface area contributed by atoms with Crippen LogP contribution in [0.15, 0.2) is 4.99 Å². The van der Waals surface area contributed by atoms with Gasteiger partial charge in [0.15, 0.2) is 0 Å². The van der Waals surface area contributed by atoms with Crippen LogP contribution in [0.2, 0.25) is 0 Å². The van der Waals surface area contributed by atoms with Crippen LogP contribution in [0, 0.1) is 5.41 Å². The predicted molar refractivity (Wildman–Crippen MR) is 49.8 cm³/mol. The average molecular weight is 169 g/mol. The molecule has 3 N–H and O–H groups in total. The third-order valence-corrected chi connectivity index (χ3v) is 1.41. The van der Waals surface area contributed by atoms with Crippen LogP contribution in [-0.2, 0) is 4.79 Å². The second-order valence-corrected chi connectivity index (χ2v) is 3.22. The van der Waals surface area contributed by atoms with Gasteiger partial charge in [-0.25, -0.2) is 0 Å². The highest BCUT2D eigenvalue weighted by Gasteiger charge is 2.21. The lowest BCUT2D eigenvalue weighted by atomic mass is 10.1. The molecule has 1 amide bonds. The van der Waals surface area contributed by atoms with E-state index in [4.69, 9.17) is 11.1 Å². The van der Waals surface area contributed by atoms with Crippen LogP contribution in [0.3, 0.4) is 0 Å². The highest BCUT2D eigenvalue weighted by Crippen LogP contribution is 2.06. The molecule has 4 heteroatoms. The zero-order valence-electron chi connectivity index (χ0n) is 7.72. The number of rotatable bonds is 4. The number of carbonyl (C=O) groups excluding carboxylic acids is 1. The second-order valence-electron chi connectivity index (χ2n) is 3.22. The lowest BCUT2D eigenvalue weighted by molar-refractivity contribution is -0.121. The van der Waals surface area contributed by atoms with Gasteiger partial charge in [0, 0.05) is 18.3 Å². The molecule has 0 heterocycles. The number of carbonyl (C=O) groups is 1. The molecular weight excluding hydrogens is 154 g/mol. The first-order valence-electron chi connectivity index (χ1n) is 3.74. The molecule has 0 unspecified atom stereocenters. The summed E-state index contributed by atoms with van der Waals surface area (Å²) >= 11 is 0. The number of amides is 1. The molecule has 0 aromatic heterocycles. The van der Waals surface area contributed by atoms with Crippen molar-refractivity contribution in [2.24, 2.45) is 10.7 Å².